The van der Waals surface area contributed by atoms with Gasteiger partial charge in [0.25, 0.3) is 6.01 Å². The lowest BCUT2D eigenvalue weighted by Crippen LogP contribution is -2.47. The van der Waals surface area contributed by atoms with E-state index in [9.17, 15) is 27.6 Å². The van der Waals surface area contributed by atoms with Gasteiger partial charge in [0.05, 0.1) is 46.7 Å². The molecular weight excluding hydrogens is 807 g/mol. The first kappa shape index (κ1) is 43.8. The number of amides is 2. The van der Waals surface area contributed by atoms with Crippen molar-refractivity contribution in [2.24, 2.45) is 17.3 Å². The zero-order chi connectivity index (χ0) is 43.2. The Morgan fingerprint density at radius 3 is 2.57 bits per heavy atom. The van der Waals surface area contributed by atoms with Crippen molar-refractivity contribution in [2.75, 3.05) is 13.2 Å². The van der Waals surface area contributed by atoms with Crippen molar-refractivity contribution in [1.29, 1.82) is 0 Å². The molecule has 7 rings (SSSR count). The number of Topliss-reactive ketones (excluding diaryl/α,β-unsaturated/α-hetero) is 1. The minimum atomic E-state index is -3.96. The molecule has 1 saturated heterocycles. The Labute approximate surface area is 356 Å². The molecule has 2 saturated carbocycles. The third-order valence-electron chi connectivity index (χ3n) is 12.3. The molecule has 326 valence electrons. The van der Waals surface area contributed by atoms with Crippen molar-refractivity contribution in [2.45, 2.75) is 148 Å². The van der Waals surface area contributed by atoms with E-state index in [1.807, 2.05) is 61.1 Å². The Bertz CT molecular complexity index is 2270. The zero-order valence-corrected chi connectivity index (χ0v) is 37.5. The smallest absolute Gasteiger partial charge is 0.307 e. The third kappa shape index (κ3) is 9.14. The summed E-state index contributed by atoms with van der Waals surface area (Å²) in [7, 11) is -3.96. The first-order chi connectivity index (χ1) is 28.3. The number of allylic oxidation sites excluding steroid dienone is 2. The van der Waals surface area contributed by atoms with Gasteiger partial charge in [-0.25, -0.2) is 13.4 Å². The molecule has 16 heteroatoms. The lowest BCUT2D eigenvalue weighted by molar-refractivity contribution is -0.159. The molecule has 4 heterocycles. The summed E-state index contributed by atoms with van der Waals surface area (Å²) in [6.45, 7) is 13.5. The molecule has 4 aliphatic rings. The summed E-state index contributed by atoms with van der Waals surface area (Å²) < 4.78 is 47.9. The summed E-state index contributed by atoms with van der Waals surface area (Å²) in [5.74, 6) is -2.40. The van der Waals surface area contributed by atoms with Gasteiger partial charge in [-0.05, 0) is 105 Å². The number of aromatic nitrogens is 3. The van der Waals surface area contributed by atoms with E-state index in [0.717, 1.165) is 35.4 Å². The first-order valence-electron chi connectivity index (χ1n) is 21.4. The van der Waals surface area contributed by atoms with Crippen LogP contribution >= 0.6 is 11.3 Å². The Hall–Kier alpha value is -4.31. The first-order valence-corrected chi connectivity index (χ1v) is 23.8. The second kappa shape index (κ2) is 16.9. The molecule has 0 radical (unpaired) electrons. The number of ketones is 1. The van der Waals surface area contributed by atoms with Gasteiger partial charge >= 0.3 is 5.97 Å². The number of carbonyl (C=O) groups excluding carboxylic acids is 4. The van der Waals surface area contributed by atoms with Gasteiger partial charge in [0.15, 0.2) is 5.78 Å². The molecule has 0 unspecified atom stereocenters. The van der Waals surface area contributed by atoms with Gasteiger partial charge in [-0.15, -0.1) is 11.3 Å². The second-order valence-electron chi connectivity index (χ2n) is 18.5. The fourth-order valence-electron chi connectivity index (χ4n) is 8.60. The lowest BCUT2D eigenvalue weighted by Gasteiger charge is -2.29. The number of benzene rings is 1. The molecule has 3 fully saturated rings. The molecule has 2 aromatic heterocycles. The van der Waals surface area contributed by atoms with Gasteiger partial charge < -0.3 is 19.1 Å². The quantitative estimate of drug-likeness (QED) is 0.151. The van der Waals surface area contributed by atoms with E-state index in [-0.39, 0.29) is 49.5 Å². The Kier molecular flexibility index (Phi) is 12.3. The minimum absolute atomic E-state index is 0.0493. The SMILES string of the molecule is CCOc1csc(-c2cccc3c2nc(O[C@@H]2C[C@H]4C(=O)C[C@]5(C(=O)NS(=O)(=O)C6(C)CC6)C[C@H]5/C=C\CCCCC[C@H](CC(=O)OC(C)(C)C)C(=O)N4C2)n3C(C)C)n1. The predicted octanol–water partition coefficient (Wildman–Crippen LogP) is 7.32. The maximum absolute atomic E-state index is 14.8. The number of ether oxygens (including phenoxy) is 3. The fraction of sp³-hybridized carbons (Fsp3) is 0.636. The molecular formula is C44H59N5O9S2. The molecule has 5 atom stereocenters. The predicted molar refractivity (Wildman–Crippen MR) is 228 cm³/mol. The van der Waals surface area contributed by atoms with E-state index in [2.05, 4.69) is 9.71 Å². The second-order valence-corrected chi connectivity index (χ2v) is 21.5. The van der Waals surface area contributed by atoms with Crippen LogP contribution in [0.25, 0.3) is 21.6 Å². The number of fused-ring (bicyclic) bond motifs is 3. The molecule has 60 heavy (non-hydrogen) atoms. The van der Waals surface area contributed by atoms with E-state index >= 15 is 0 Å². The highest BCUT2D eigenvalue weighted by molar-refractivity contribution is 7.91. The van der Waals surface area contributed by atoms with Gasteiger partial charge in [0.2, 0.25) is 27.7 Å². The zero-order valence-electron chi connectivity index (χ0n) is 35.8. The van der Waals surface area contributed by atoms with E-state index < -0.39 is 55.7 Å². The number of nitrogens with one attached hydrogen (secondary N) is 1. The molecule has 14 nitrogen and oxygen atoms in total. The molecule has 3 aromatic rings. The number of sulfonamides is 1. The van der Waals surface area contributed by atoms with Crippen LogP contribution in [-0.4, -0.2) is 87.1 Å². The van der Waals surface area contributed by atoms with E-state index in [1.54, 1.807) is 27.7 Å². The number of para-hydroxylation sites is 1. The summed E-state index contributed by atoms with van der Waals surface area (Å²) in [5.41, 5.74) is 0.321. The normalized spacial score (nSPS) is 26.4. The molecule has 2 amide bonds. The van der Waals surface area contributed by atoms with Gasteiger partial charge in [0, 0.05) is 30.4 Å². The number of hydrogen-bond acceptors (Lipinski definition) is 12. The number of rotatable bonds is 11. The summed E-state index contributed by atoms with van der Waals surface area (Å²) >= 11 is 1.45. The number of carbonyl (C=O) groups is 4. The van der Waals surface area contributed by atoms with Crippen LogP contribution in [0.4, 0.5) is 0 Å². The molecule has 2 aliphatic carbocycles. The summed E-state index contributed by atoms with van der Waals surface area (Å²) in [6.07, 6.45) is 7.76. The largest absolute Gasteiger partial charge is 0.477 e. The summed E-state index contributed by atoms with van der Waals surface area (Å²) in [5, 5.41) is 2.60. The average molecular weight is 866 g/mol. The highest BCUT2D eigenvalue weighted by Crippen LogP contribution is 2.57. The number of thiazole rings is 1. The monoisotopic (exact) mass is 865 g/mol. The highest BCUT2D eigenvalue weighted by Gasteiger charge is 2.62. The summed E-state index contributed by atoms with van der Waals surface area (Å²) in [6, 6.07) is 5.14. The van der Waals surface area contributed by atoms with Crippen molar-refractivity contribution in [3.63, 3.8) is 0 Å². The number of hydrogen-bond donors (Lipinski definition) is 1. The van der Waals surface area contributed by atoms with Crippen molar-refractivity contribution in [1.82, 2.24) is 24.2 Å². The molecule has 0 bridgehead atoms. The maximum Gasteiger partial charge on any atom is 0.307 e. The van der Waals surface area contributed by atoms with Crippen LogP contribution in [0.2, 0.25) is 0 Å². The van der Waals surface area contributed by atoms with E-state index in [1.165, 1.54) is 16.2 Å². The van der Waals surface area contributed by atoms with Crippen molar-refractivity contribution < 1.29 is 41.8 Å². The average Bonchev–Trinajstić information content (AvgIpc) is 3.85. The molecule has 2 aliphatic heterocycles. The van der Waals surface area contributed by atoms with Crippen LogP contribution < -0.4 is 14.2 Å². The van der Waals surface area contributed by atoms with Crippen molar-refractivity contribution >= 4 is 56.0 Å². The van der Waals surface area contributed by atoms with E-state index in [0.29, 0.717) is 56.1 Å². The number of esters is 1. The van der Waals surface area contributed by atoms with Crippen LogP contribution in [0.5, 0.6) is 11.9 Å². The third-order valence-corrected chi connectivity index (χ3v) is 15.3. The highest BCUT2D eigenvalue weighted by atomic mass is 32.2. The van der Waals surface area contributed by atoms with Crippen LogP contribution in [0, 0.1) is 17.3 Å². The molecule has 1 N–H and O–H groups in total. The van der Waals surface area contributed by atoms with E-state index in [4.69, 9.17) is 19.2 Å². The van der Waals surface area contributed by atoms with Gasteiger partial charge in [0.1, 0.15) is 22.2 Å². The minimum Gasteiger partial charge on any atom is -0.477 e. The Balaban J connectivity index is 1.22. The number of nitrogens with zero attached hydrogens (tertiary/aromatic N) is 4. The lowest BCUT2D eigenvalue weighted by atomic mass is 9.90. The number of imidazole rings is 1. The Morgan fingerprint density at radius 1 is 1.10 bits per heavy atom. The Morgan fingerprint density at radius 2 is 1.87 bits per heavy atom. The van der Waals surface area contributed by atoms with Crippen molar-refractivity contribution in [3.05, 3.63) is 35.7 Å². The topological polar surface area (TPSA) is 176 Å². The molecule has 1 aromatic carbocycles. The maximum atomic E-state index is 14.8. The molecule has 0 spiro atoms. The van der Waals surface area contributed by atoms with Crippen LogP contribution in [0.3, 0.4) is 0 Å². The van der Waals surface area contributed by atoms with Crippen molar-refractivity contribution in [3.8, 4) is 22.5 Å². The standard InChI is InChI=1S/C44H59N5O9S2/c1-8-56-35-26-59-38(45-35)31-17-14-18-32-37(31)46-41(49(32)27(2)3)57-30-22-33-34(50)24-44(40(53)47-60(54,55)43(7)19-20-43)23-29(44)16-13-11-9-10-12-15-28(39(52)48(33)25-30)21-36(51)58-42(4,5)6/h13-14,16-18,26-30,33H,8-12,15,19-25H2,1-7H3,(H,47,53)/b16-13-/t28-,29-,30-,33+,44-/m1/s1. The van der Waals surface area contributed by atoms with Gasteiger partial charge in [-0.1, -0.05) is 31.1 Å². The van der Waals surface area contributed by atoms with Gasteiger partial charge in [-0.3, -0.25) is 28.5 Å². The fourth-order valence-corrected chi connectivity index (χ4v) is 10.7. The summed E-state index contributed by atoms with van der Waals surface area (Å²) in [4.78, 5) is 68.0. The van der Waals surface area contributed by atoms with Crippen LogP contribution in [-0.2, 0) is 33.9 Å². The van der Waals surface area contributed by atoms with Crippen LogP contribution in [0.15, 0.2) is 35.7 Å². The van der Waals surface area contributed by atoms with Crippen LogP contribution in [0.1, 0.15) is 125 Å². The van der Waals surface area contributed by atoms with Gasteiger partial charge in [-0.2, -0.15) is 4.98 Å².